The number of carbonyl (C=O) groups is 2. The fourth-order valence-corrected chi connectivity index (χ4v) is 4.24. The summed E-state index contributed by atoms with van der Waals surface area (Å²) in [5, 5.41) is 11.1. The minimum Gasteiger partial charge on any atom is -0.460 e. The van der Waals surface area contributed by atoms with Crippen LogP contribution in [-0.4, -0.2) is 42.8 Å². The lowest BCUT2D eigenvalue weighted by atomic mass is 9.59. The molecule has 0 saturated heterocycles. The number of hydrogen-bond acceptors (Lipinski definition) is 5. The van der Waals surface area contributed by atoms with Crippen molar-refractivity contribution in [1.29, 1.82) is 0 Å². The van der Waals surface area contributed by atoms with Crippen LogP contribution >= 0.6 is 0 Å². The number of benzene rings is 1. The molecule has 0 bridgehead atoms. The fraction of sp³-hybridized carbons (Fsp3) is 0.500. The van der Waals surface area contributed by atoms with Gasteiger partial charge < -0.3 is 14.6 Å². The molecule has 0 radical (unpaired) electrons. The molecule has 134 valence electrons. The number of ketones is 1. The molecule has 0 amide bonds. The zero-order valence-electron chi connectivity index (χ0n) is 14.9. The van der Waals surface area contributed by atoms with E-state index in [9.17, 15) is 14.7 Å². The Morgan fingerprint density at radius 3 is 2.32 bits per heavy atom. The van der Waals surface area contributed by atoms with Gasteiger partial charge in [0.25, 0.3) is 0 Å². The highest BCUT2D eigenvalue weighted by atomic mass is 16.6. The molecule has 0 saturated carbocycles. The topological polar surface area (TPSA) is 72.8 Å². The van der Waals surface area contributed by atoms with E-state index in [-0.39, 0.29) is 31.0 Å². The van der Waals surface area contributed by atoms with Crippen molar-refractivity contribution in [3.8, 4) is 0 Å². The van der Waals surface area contributed by atoms with Crippen molar-refractivity contribution in [1.82, 2.24) is 0 Å². The lowest BCUT2D eigenvalue weighted by molar-refractivity contribution is -0.144. The van der Waals surface area contributed by atoms with E-state index in [2.05, 4.69) is 0 Å². The van der Waals surface area contributed by atoms with E-state index in [4.69, 9.17) is 9.47 Å². The maximum Gasteiger partial charge on any atom is 0.341 e. The highest BCUT2D eigenvalue weighted by Gasteiger charge is 2.57. The van der Waals surface area contributed by atoms with E-state index in [1.54, 1.807) is 13.8 Å². The molecule has 1 N–H and O–H groups in total. The third-order valence-electron chi connectivity index (χ3n) is 5.73. The van der Waals surface area contributed by atoms with Crippen LogP contribution in [-0.2, 0) is 31.9 Å². The highest BCUT2D eigenvalue weighted by Crippen LogP contribution is 2.54. The van der Waals surface area contributed by atoms with Crippen LogP contribution in [0, 0.1) is 5.41 Å². The summed E-state index contributed by atoms with van der Waals surface area (Å²) in [4.78, 5) is 25.0. The molecule has 1 unspecified atom stereocenters. The third kappa shape index (κ3) is 2.81. The third-order valence-corrected chi connectivity index (χ3v) is 5.73. The van der Waals surface area contributed by atoms with Gasteiger partial charge in [-0.05, 0) is 43.4 Å². The molecule has 0 aliphatic heterocycles. The predicted octanol–water partition coefficient (Wildman–Crippen LogP) is 2.00. The molecule has 1 atom stereocenters. The van der Waals surface area contributed by atoms with Crippen LogP contribution in [0.5, 0.6) is 0 Å². The molecule has 5 heteroatoms. The first-order valence-corrected chi connectivity index (χ1v) is 8.52. The van der Waals surface area contributed by atoms with E-state index in [0.29, 0.717) is 18.4 Å². The van der Waals surface area contributed by atoms with Gasteiger partial charge in [0.2, 0.25) is 0 Å². The molecule has 5 nitrogen and oxygen atoms in total. The van der Waals surface area contributed by atoms with Crippen molar-refractivity contribution in [2.24, 2.45) is 5.41 Å². The second-order valence-corrected chi connectivity index (χ2v) is 7.21. The summed E-state index contributed by atoms with van der Waals surface area (Å²) in [5.41, 5.74) is 1.18. The molecular formula is C20H24O5. The monoisotopic (exact) mass is 344 g/mol. The quantitative estimate of drug-likeness (QED) is 0.514. The minimum absolute atomic E-state index is 0.0763. The highest BCUT2D eigenvalue weighted by molar-refractivity contribution is 6.19. The molecule has 1 aromatic carbocycles. The van der Waals surface area contributed by atoms with Crippen molar-refractivity contribution in [3.05, 3.63) is 46.5 Å². The normalized spacial score (nSPS) is 24.6. The summed E-state index contributed by atoms with van der Waals surface area (Å²) in [6.45, 7) is 3.86. The van der Waals surface area contributed by atoms with Crippen LogP contribution in [0.15, 0.2) is 35.4 Å². The van der Waals surface area contributed by atoms with Crippen molar-refractivity contribution in [2.75, 3.05) is 20.3 Å². The van der Waals surface area contributed by atoms with Gasteiger partial charge in [-0.1, -0.05) is 24.3 Å². The molecule has 2 aliphatic rings. The Kier molecular flexibility index (Phi) is 4.56. The van der Waals surface area contributed by atoms with E-state index in [1.165, 1.54) is 7.11 Å². The first kappa shape index (κ1) is 17.8. The van der Waals surface area contributed by atoms with Gasteiger partial charge in [-0.15, -0.1) is 0 Å². The summed E-state index contributed by atoms with van der Waals surface area (Å²) in [6.07, 6.45) is 1.15. The molecule has 1 spiro atoms. The Hall–Kier alpha value is -1.98. The number of esters is 1. The van der Waals surface area contributed by atoms with E-state index < -0.39 is 17.0 Å². The summed E-state index contributed by atoms with van der Waals surface area (Å²) < 4.78 is 10.1. The predicted molar refractivity (Wildman–Crippen MR) is 92.1 cm³/mol. The van der Waals surface area contributed by atoms with Gasteiger partial charge in [0.05, 0.1) is 12.2 Å². The largest absolute Gasteiger partial charge is 0.460 e. The maximum absolute atomic E-state index is 12.6. The van der Waals surface area contributed by atoms with Crippen LogP contribution in [0.4, 0.5) is 0 Å². The number of Topliss-reactive ketones (excluding diaryl/α,β-unsaturated/α-hetero) is 1. The van der Waals surface area contributed by atoms with E-state index >= 15 is 0 Å². The average molecular weight is 344 g/mol. The number of methoxy groups -OCH3 is 1. The molecule has 0 fully saturated rings. The van der Waals surface area contributed by atoms with Crippen LogP contribution in [0.1, 0.15) is 31.4 Å². The van der Waals surface area contributed by atoms with Crippen LogP contribution < -0.4 is 0 Å². The summed E-state index contributed by atoms with van der Waals surface area (Å²) in [6, 6.07) is 8.03. The number of fused-ring (bicyclic) bond motifs is 1. The van der Waals surface area contributed by atoms with Crippen LogP contribution in [0.3, 0.4) is 0 Å². The Labute approximate surface area is 147 Å². The Bertz CT molecular complexity index is 719. The number of hydrogen-bond donors (Lipinski definition) is 1. The molecule has 1 aromatic rings. The Morgan fingerprint density at radius 1 is 1.16 bits per heavy atom. The lowest BCUT2D eigenvalue weighted by Gasteiger charge is -2.47. The van der Waals surface area contributed by atoms with Gasteiger partial charge in [-0.25, -0.2) is 4.79 Å². The lowest BCUT2D eigenvalue weighted by Crippen LogP contribution is -2.53. The Balaban J connectivity index is 2.02. The zero-order valence-corrected chi connectivity index (χ0v) is 14.9. The molecular weight excluding hydrogens is 320 g/mol. The van der Waals surface area contributed by atoms with Gasteiger partial charge in [-0.3, -0.25) is 4.79 Å². The van der Waals surface area contributed by atoms with Gasteiger partial charge in [0.1, 0.15) is 12.2 Å². The summed E-state index contributed by atoms with van der Waals surface area (Å²) in [5.74, 6) is -0.975. The van der Waals surface area contributed by atoms with Crippen molar-refractivity contribution < 1.29 is 24.2 Å². The van der Waals surface area contributed by atoms with E-state index in [1.807, 2.05) is 24.3 Å². The molecule has 3 rings (SSSR count). The number of aliphatic hydroxyl groups is 1. The summed E-state index contributed by atoms with van der Waals surface area (Å²) in [7, 11) is 1.52. The van der Waals surface area contributed by atoms with Gasteiger partial charge in [0.15, 0.2) is 5.78 Å². The standard InChI is InChI=1S/C20H24O5/c1-13-17(18(22)25-9-8-24-3)16(21)12-19(2,23)20(13)10-14-6-4-5-7-15(14)11-20/h4-7,23H,8-12H2,1-3H3. The first-order chi connectivity index (χ1) is 11.8. The molecule has 25 heavy (non-hydrogen) atoms. The first-order valence-electron chi connectivity index (χ1n) is 8.52. The number of carbonyl (C=O) groups excluding carboxylic acids is 2. The van der Waals surface area contributed by atoms with Gasteiger partial charge in [-0.2, -0.15) is 0 Å². The van der Waals surface area contributed by atoms with Crippen LogP contribution in [0.2, 0.25) is 0 Å². The van der Waals surface area contributed by atoms with Crippen LogP contribution in [0.25, 0.3) is 0 Å². The van der Waals surface area contributed by atoms with Gasteiger partial charge in [0, 0.05) is 18.9 Å². The molecule has 0 aromatic heterocycles. The van der Waals surface area contributed by atoms with Crippen molar-refractivity contribution in [2.45, 2.75) is 38.7 Å². The minimum atomic E-state index is -1.20. The second-order valence-electron chi connectivity index (χ2n) is 7.21. The summed E-state index contributed by atoms with van der Waals surface area (Å²) >= 11 is 0. The smallest absolute Gasteiger partial charge is 0.341 e. The molecule has 0 heterocycles. The fourth-order valence-electron chi connectivity index (χ4n) is 4.24. The number of ether oxygens (including phenoxy) is 2. The SMILES string of the molecule is COCCOC(=O)C1=C(C)C2(Cc3ccccc3C2)C(C)(O)CC1=O. The number of rotatable bonds is 4. The zero-order chi connectivity index (χ0) is 18.2. The van der Waals surface area contributed by atoms with E-state index in [0.717, 1.165) is 11.1 Å². The Morgan fingerprint density at radius 2 is 1.76 bits per heavy atom. The molecule has 2 aliphatic carbocycles. The van der Waals surface area contributed by atoms with Gasteiger partial charge >= 0.3 is 5.97 Å². The van der Waals surface area contributed by atoms with Crippen molar-refractivity contribution in [3.63, 3.8) is 0 Å². The van der Waals surface area contributed by atoms with Crippen molar-refractivity contribution >= 4 is 11.8 Å². The average Bonchev–Trinajstić information content (AvgIpc) is 2.95. The maximum atomic E-state index is 12.6. The second kappa shape index (κ2) is 6.39.